The van der Waals surface area contributed by atoms with E-state index in [9.17, 15) is 5.26 Å². The van der Waals surface area contributed by atoms with Gasteiger partial charge in [0.1, 0.15) is 11.5 Å². The Morgan fingerprint density at radius 2 is 1.07 bits per heavy atom. The molecule has 1 spiro atoms. The van der Waals surface area contributed by atoms with Crippen molar-refractivity contribution in [3.05, 3.63) is 192 Å². The topological polar surface area (TPSA) is 68.7 Å². The largest absolute Gasteiger partial charge is 0.457 e. The van der Waals surface area contributed by atoms with Gasteiger partial charge in [0.25, 0.3) is 0 Å². The number of hydrogen-bond acceptors (Lipinski definition) is 4. The van der Waals surface area contributed by atoms with Gasteiger partial charge in [0.05, 0.1) is 62.4 Å². The van der Waals surface area contributed by atoms with Gasteiger partial charge >= 0.3 is 0 Å². The molecule has 2 aliphatic rings. The van der Waals surface area contributed by atoms with Gasteiger partial charge in [-0.3, -0.25) is 9.97 Å². The van der Waals surface area contributed by atoms with E-state index in [0.717, 1.165) is 89.4 Å². The van der Waals surface area contributed by atoms with Gasteiger partial charge in [-0.15, -0.1) is 0 Å². The van der Waals surface area contributed by atoms with Crippen LogP contribution in [0.15, 0.2) is 164 Å². The molecule has 4 aromatic heterocycles. The van der Waals surface area contributed by atoms with Crippen LogP contribution in [-0.4, -0.2) is 19.1 Å². The Balaban J connectivity index is 1.19. The Kier molecular flexibility index (Phi) is 5.68. The van der Waals surface area contributed by atoms with E-state index in [0.29, 0.717) is 5.56 Å². The fourth-order valence-electron chi connectivity index (χ4n) is 9.36. The summed E-state index contributed by atoms with van der Waals surface area (Å²) < 4.78 is 11.4. The first-order valence-corrected chi connectivity index (χ1v) is 18.0. The predicted molar refractivity (Wildman–Crippen MR) is 213 cm³/mol. The van der Waals surface area contributed by atoms with E-state index in [1.165, 1.54) is 10.8 Å². The minimum atomic E-state index is -0.784. The summed E-state index contributed by atoms with van der Waals surface area (Å²) in [6, 6.07) is 55.3. The second-order valence-electron chi connectivity index (χ2n) is 14.1. The van der Waals surface area contributed by atoms with Gasteiger partial charge in [-0.05, 0) is 78.4 Å². The fourth-order valence-corrected chi connectivity index (χ4v) is 9.36. The van der Waals surface area contributed by atoms with Crippen molar-refractivity contribution < 1.29 is 4.74 Å². The molecule has 6 heteroatoms. The summed E-state index contributed by atoms with van der Waals surface area (Å²) in [4.78, 5) is 10.3. The molecule has 0 amide bonds. The number of rotatable bonds is 2. The molecule has 1 atom stereocenters. The number of aromatic nitrogens is 4. The lowest BCUT2D eigenvalue weighted by molar-refractivity contribution is 0.436. The number of fused-ring (bicyclic) bond motifs is 15. The van der Waals surface area contributed by atoms with Crippen LogP contribution < -0.4 is 4.74 Å². The first-order chi connectivity index (χ1) is 26.7. The third-order valence-corrected chi connectivity index (χ3v) is 11.5. The van der Waals surface area contributed by atoms with Gasteiger partial charge in [-0.1, -0.05) is 78.9 Å². The molecule has 5 heterocycles. The Labute approximate surface area is 309 Å². The average molecular weight is 690 g/mol. The smallest absolute Gasteiger partial charge is 0.132 e. The van der Waals surface area contributed by atoms with E-state index in [2.05, 4.69) is 143 Å². The summed E-state index contributed by atoms with van der Waals surface area (Å²) in [5, 5.41) is 14.3. The van der Waals surface area contributed by atoms with E-state index in [1.807, 2.05) is 36.7 Å². The maximum absolute atomic E-state index is 9.79. The molecule has 0 saturated carbocycles. The molecule has 1 aliphatic heterocycles. The normalized spacial score (nSPS) is 15.2. The third kappa shape index (κ3) is 3.62. The first kappa shape index (κ1) is 29.1. The van der Waals surface area contributed by atoms with Crippen LogP contribution in [0.4, 0.5) is 0 Å². The summed E-state index contributed by atoms with van der Waals surface area (Å²) in [6.45, 7) is 0. The van der Waals surface area contributed by atoms with Crippen LogP contribution in [0, 0.1) is 11.3 Å². The molecule has 54 heavy (non-hydrogen) atoms. The van der Waals surface area contributed by atoms with E-state index in [4.69, 9.17) is 14.7 Å². The number of nitriles is 1. The van der Waals surface area contributed by atoms with Crippen molar-refractivity contribution in [1.82, 2.24) is 19.1 Å². The van der Waals surface area contributed by atoms with Crippen molar-refractivity contribution in [3.63, 3.8) is 0 Å². The SMILES string of the molecule is N#Cc1ccc2c(c1)c1ccccc1n2-c1ccc2c(c1)C1(c3ccccc3O2)c2cccnc2-c2ncc(-n3c4ccccc4c4ccccc43)cc21. The molecule has 6 nitrogen and oxygen atoms in total. The predicted octanol–water partition coefficient (Wildman–Crippen LogP) is 11.0. The van der Waals surface area contributed by atoms with Gasteiger partial charge in [0, 0.05) is 50.1 Å². The summed E-state index contributed by atoms with van der Waals surface area (Å²) in [5.41, 5.74) is 12.1. The summed E-state index contributed by atoms with van der Waals surface area (Å²) >= 11 is 0. The third-order valence-electron chi connectivity index (χ3n) is 11.5. The van der Waals surface area contributed by atoms with Crippen molar-refractivity contribution in [2.45, 2.75) is 5.41 Å². The van der Waals surface area contributed by atoms with Gasteiger partial charge in [0.2, 0.25) is 0 Å². The molecular weight excluding hydrogens is 663 g/mol. The zero-order chi connectivity index (χ0) is 35.5. The Morgan fingerprint density at radius 1 is 0.481 bits per heavy atom. The quantitative estimate of drug-likeness (QED) is 0.181. The second-order valence-corrected chi connectivity index (χ2v) is 14.1. The highest BCUT2D eigenvalue weighted by Crippen LogP contribution is 2.61. The number of hydrogen-bond donors (Lipinski definition) is 0. The zero-order valence-corrected chi connectivity index (χ0v) is 28.7. The minimum absolute atomic E-state index is 0.637. The molecular formula is C48H27N5O. The first-order valence-electron chi connectivity index (χ1n) is 18.0. The summed E-state index contributed by atoms with van der Waals surface area (Å²) in [6.07, 6.45) is 3.85. The molecule has 1 aliphatic carbocycles. The van der Waals surface area contributed by atoms with E-state index < -0.39 is 5.41 Å². The van der Waals surface area contributed by atoms with Crippen molar-refractivity contribution in [1.29, 1.82) is 5.26 Å². The average Bonchev–Trinajstić information content (AvgIpc) is 3.85. The molecule has 12 rings (SSSR count). The van der Waals surface area contributed by atoms with Crippen LogP contribution in [0.25, 0.3) is 66.4 Å². The second kappa shape index (κ2) is 10.5. The summed E-state index contributed by atoms with van der Waals surface area (Å²) in [5.74, 6) is 1.60. The molecule has 1 unspecified atom stereocenters. The van der Waals surface area contributed by atoms with Crippen LogP contribution in [-0.2, 0) is 5.41 Å². The van der Waals surface area contributed by atoms with Gasteiger partial charge in [-0.2, -0.15) is 5.26 Å². The Bertz CT molecular complexity index is 3240. The Hall–Kier alpha value is -7.49. The van der Waals surface area contributed by atoms with E-state index in [1.54, 1.807) is 0 Å². The van der Waals surface area contributed by atoms with Crippen molar-refractivity contribution >= 4 is 43.6 Å². The highest BCUT2D eigenvalue weighted by atomic mass is 16.5. The summed E-state index contributed by atoms with van der Waals surface area (Å²) in [7, 11) is 0. The van der Waals surface area contributed by atoms with Crippen LogP contribution in [0.1, 0.15) is 27.8 Å². The van der Waals surface area contributed by atoms with Gasteiger partial charge < -0.3 is 13.9 Å². The van der Waals surface area contributed by atoms with Crippen LogP contribution >= 0.6 is 0 Å². The van der Waals surface area contributed by atoms with Crippen molar-refractivity contribution in [2.75, 3.05) is 0 Å². The zero-order valence-electron chi connectivity index (χ0n) is 28.7. The fraction of sp³-hybridized carbons (Fsp3) is 0.0208. The number of benzene rings is 6. The van der Waals surface area contributed by atoms with E-state index >= 15 is 0 Å². The maximum Gasteiger partial charge on any atom is 0.132 e. The van der Waals surface area contributed by atoms with Gasteiger partial charge in [0.15, 0.2) is 0 Å². The van der Waals surface area contributed by atoms with Crippen LogP contribution in [0.5, 0.6) is 11.5 Å². The molecule has 0 fully saturated rings. The van der Waals surface area contributed by atoms with Crippen molar-refractivity contribution in [2.24, 2.45) is 0 Å². The minimum Gasteiger partial charge on any atom is -0.457 e. The lowest BCUT2D eigenvalue weighted by Gasteiger charge is -2.39. The number of ether oxygens (including phenoxy) is 1. The molecule has 0 radical (unpaired) electrons. The van der Waals surface area contributed by atoms with Crippen molar-refractivity contribution in [3.8, 4) is 40.3 Å². The number of para-hydroxylation sites is 4. The molecule has 0 saturated heterocycles. The standard InChI is InChI=1S/C48H27N5O/c49-27-29-19-21-43-35(24-29)34-12-3-7-17-42(34)52(43)30-20-22-45-38(25-30)48(36-13-4-8-18-44(36)54-45)37-14-9-23-50-46(37)47-39(48)26-31(28-51-47)53-40-15-5-1-10-32(40)33-11-2-6-16-41(33)53/h1-26,28H. The van der Waals surface area contributed by atoms with Crippen LogP contribution in [0.2, 0.25) is 0 Å². The molecule has 250 valence electrons. The molecule has 10 aromatic rings. The monoisotopic (exact) mass is 689 g/mol. The van der Waals surface area contributed by atoms with Gasteiger partial charge in [-0.25, -0.2) is 0 Å². The lowest BCUT2D eigenvalue weighted by atomic mass is 9.66. The highest BCUT2D eigenvalue weighted by molar-refractivity contribution is 6.10. The molecule has 0 bridgehead atoms. The lowest BCUT2D eigenvalue weighted by Crippen LogP contribution is -2.32. The maximum atomic E-state index is 9.79. The highest BCUT2D eigenvalue weighted by Gasteiger charge is 2.52. The molecule has 0 N–H and O–H groups in total. The Morgan fingerprint density at radius 3 is 1.83 bits per heavy atom. The van der Waals surface area contributed by atoms with E-state index in [-0.39, 0.29) is 0 Å². The molecule has 6 aromatic carbocycles. The van der Waals surface area contributed by atoms with Crippen LogP contribution in [0.3, 0.4) is 0 Å². The number of nitrogens with zero attached hydrogens (tertiary/aromatic N) is 5. The number of pyridine rings is 2.